The summed E-state index contributed by atoms with van der Waals surface area (Å²) in [6.07, 6.45) is 7.42. The van der Waals surface area contributed by atoms with Gasteiger partial charge in [0.15, 0.2) is 0 Å². The van der Waals surface area contributed by atoms with Gasteiger partial charge in [-0.15, -0.1) is 0 Å². The fraction of sp³-hybridized carbons (Fsp3) is 0.909. The van der Waals surface area contributed by atoms with Gasteiger partial charge in [0, 0.05) is 45.7 Å². The zero-order valence-corrected chi connectivity index (χ0v) is 17.2. The van der Waals surface area contributed by atoms with E-state index in [0.717, 1.165) is 57.5 Å². The zero-order valence-electron chi connectivity index (χ0n) is 17.2. The maximum absolute atomic E-state index is 12.7. The number of hydrogen-bond donors (Lipinski definition) is 0. The van der Waals surface area contributed by atoms with Crippen LogP contribution in [0.5, 0.6) is 0 Å². The van der Waals surface area contributed by atoms with Crippen LogP contribution < -0.4 is 0 Å². The summed E-state index contributed by atoms with van der Waals surface area (Å²) in [6, 6.07) is 0. The first-order chi connectivity index (χ1) is 13.0. The minimum absolute atomic E-state index is 0.273. The Balaban J connectivity index is 1.19. The molecule has 2 amide bonds. The predicted octanol–water partition coefficient (Wildman–Crippen LogP) is 2.46. The number of fused-ring (bicyclic) bond motifs is 2. The van der Waals surface area contributed by atoms with Gasteiger partial charge in [-0.25, -0.2) is 0 Å². The normalized spacial score (nSPS) is 37.0. The molecule has 4 aliphatic rings. The Labute approximate surface area is 164 Å². The highest BCUT2D eigenvalue weighted by Gasteiger charge is 2.40. The highest BCUT2D eigenvalue weighted by molar-refractivity contribution is 5.79. The minimum atomic E-state index is 0.273. The van der Waals surface area contributed by atoms with E-state index in [9.17, 15) is 9.59 Å². The Kier molecular flexibility index (Phi) is 5.77. The fourth-order valence-corrected chi connectivity index (χ4v) is 6.29. The van der Waals surface area contributed by atoms with Gasteiger partial charge in [0.1, 0.15) is 0 Å². The Morgan fingerprint density at radius 2 is 1.52 bits per heavy atom. The maximum Gasteiger partial charge on any atom is 0.236 e. The van der Waals surface area contributed by atoms with Crippen LogP contribution in [0.1, 0.15) is 52.4 Å². The number of carbonyl (C=O) groups excluding carboxylic acids is 2. The first-order valence-electron chi connectivity index (χ1n) is 11.3. The Hall–Kier alpha value is -1.10. The van der Waals surface area contributed by atoms with E-state index in [1.807, 2.05) is 0 Å². The molecule has 0 radical (unpaired) electrons. The number of likely N-dealkylation sites (tertiary alicyclic amines) is 1. The summed E-state index contributed by atoms with van der Waals surface area (Å²) < 4.78 is 0. The third-order valence-electron chi connectivity index (χ3n) is 7.63. The van der Waals surface area contributed by atoms with Crippen molar-refractivity contribution in [2.75, 3.05) is 45.8 Å². The molecule has 0 spiro atoms. The average molecular weight is 376 g/mol. The van der Waals surface area contributed by atoms with Gasteiger partial charge in [0.25, 0.3) is 0 Å². The van der Waals surface area contributed by atoms with Crippen LogP contribution in [0.3, 0.4) is 0 Å². The monoisotopic (exact) mass is 375 g/mol. The topological polar surface area (TPSA) is 43.9 Å². The molecule has 2 saturated heterocycles. The molecule has 2 bridgehead atoms. The van der Waals surface area contributed by atoms with Crippen LogP contribution in [-0.2, 0) is 9.59 Å². The molecule has 4 rings (SSSR count). The van der Waals surface area contributed by atoms with Crippen molar-refractivity contribution in [3.05, 3.63) is 0 Å². The van der Waals surface area contributed by atoms with Crippen molar-refractivity contribution >= 4 is 11.8 Å². The SMILES string of the molecule is CC1CC(C)CN(C(=O)CN2CCN(C(=O)CC3CC4CCC3C4)CC2)C1. The molecule has 2 aliphatic heterocycles. The van der Waals surface area contributed by atoms with Crippen molar-refractivity contribution in [1.29, 1.82) is 0 Å². The average Bonchev–Trinajstić information content (AvgIpc) is 3.24. The lowest BCUT2D eigenvalue weighted by atomic mass is 9.86. The van der Waals surface area contributed by atoms with Crippen LogP contribution in [-0.4, -0.2) is 72.3 Å². The van der Waals surface area contributed by atoms with Crippen molar-refractivity contribution in [2.24, 2.45) is 29.6 Å². The molecule has 2 saturated carbocycles. The molecule has 5 nitrogen and oxygen atoms in total. The lowest BCUT2D eigenvalue weighted by Crippen LogP contribution is -2.53. The fourth-order valence-electron chi connectivity index (χ4n) is 6.29. The van der Waals surface area contributed by atoms with E-state index >= 15 is 0 Å². The van der Waals surface area contributed by atoms with Gasteiger partial charge in [0.05, 0.1) is 6.54 Å². The predicted molar refractivity (Wildman–Crippen MR) is 106 cm³/mol. The number of amides is 2. The van der Waals surface area contributed by atoms with Crippen molar-refractivity contribution in [1.82, 2.24) is 14.7 Å². The van der Waals surface area contributed by atoms with Gasteiger partial charge < -0.3 is 9.80 Å². The molecular formula is C22H37N3O2. The Bertz CT molecular complexity index is 548. The minimum Gasteiger partial charge on any atom is -0.341 e. The summed E-state index contributed by atoms with van der Waals surface area (Å²) in [5.74, 6) is 4.24. The quantitative estimate of drug-likeness (QED) is 0.758. The molecule has 0 aromatic carbocycles. The van der Waals surface area contributed by atoms with Crippen molar-refractivity contribution < 1.29 is 9.59 Å². The maximum atomic E-state index is 12.7. The molecule has 2 aliphatic carbocycles. The summed E-state index contributed by atoms with van der Waals surface area (Å²) in [4.78, 5) is 31.7. The number of piperidine rings is 1. The molecular weight excluding hydrogens is 338 g/mol. The first kappa shape index (κ1) is 19.2. The van der Waals surface area contributed by atoms with Crippen LogP contribution >= 0.6 is 0 Å². The second-order valence-electron chi connectivity index (χ2n) is 10.0. The summed E-state index contributed by atoms with van der Waals surface area (Å²) in [5, 5.41) is 0. The Morgan fingerprint density at radius 3 is 2.11 bits per heavy atom. The summed E-state index contributed by atoms with van der Waals surface area (Å²) in [5.41, 5.74) is 0. The number of hydrogen-bond acceptors (Lipinski definition) is 3. The molecule has 0 aromatic heterocycles. The van der Waals surface area contributed by atoms with Crippen LogP contribution in [0.2, 0.25) is 0 Å². The van der Waals surface area contributed by atoms with Gasteiger partial charge in [-0.3, -0.25) is 14.5 Å². The molecule has 2 heterocycles. The second kappa shape index (κ2) is 8.10. The summed E-state index contributed by atoms with van der Waals surface area (Å²) >= 11 is 0. The smallest absolute Gasteiger partial charge is 0.236 e. The van der Waals surface area contributed by atoms with E-state index in [4.69, 9.17) is 0 Å². The molecule has 5 unspecified atom stereocenters. The molecule has 5 atom stereocenters. The van der Waals surface area contributed by atoms with Crippen LogP contribution in [0.4, 0.5) is 0 Å². The second-order valence-corrected chi connectivity index (χ2v) is 10.0. The van der Waals surface area contributed by atoms with Crippen LogP contribution in [0.15, 0.2) is 0 Å². The van der Waals surface area contributed by atoms with Crippen molar-refractivity contribution in [3.8, 4) is 0 Å². The molecule has 152 valence electrons. The van der Waals surface area contributed by atoms with E-state index in [2.05, 4.69) is 28.5 Å². The third-order valence-corrected chi connectivity index (χ3v) is 7.63. The van der Waals surface area contributed by atoms with E-state index in [-0.39, 0.29) is 5.91 Å². The summed E-state index contributed by atoms with van der Waals surface area (Å²) in [6.45, 7) is 10.1. The lowest BCUT2D eigenvalue weighted by molar-refractivity contribution is -0.137. The third kappa shape index (κ3) is 4.49. The number of rotatable bonds is 4. The highest BCUT2D eigenvalue weighted by atomic mass is 16.2. The van der Waals surface area contributed by atoms with Gasteiger partial charge in [0.2, 0.25) is 11.8 Å². The molecule has 5 heteroatoms. The van der Waals surface area contributed by atoms with Crippen molar-refractivity contribution in [3.63, 3.8) is 0 Å². The molecule has 4 fully saturated rings. The first-order valence-corrected chi connectivity index (χ1v) is 11.3. The van der Waals surface area contributed by atoms with Gasteiger partial charge in [-0.2, -0.15) is 0 Å². The van der Waals surface area contributed by atoms with Crippen LogP contribution in [0.25, 0.3) is 0 Å². The van der Waals surface area contributed by atoms with E-state index in [1.54, 1.807) is 0 Å². The molecule has 27 heavy (non-hydrogen) atoms. The summed E-state index contributed by atoms with van der Waals surface area (Å²) in [7, 11) is 0. The Morgan fingerprint density at radius 1 is 0.815 bits per heavy atom. The lowest BCUT2D eigenvalue weighted by Gasteiger charge is -2.38. The van der Waals surface area contributed by atoms with E-state index < -0.39 is 0 Å². The van der Waals surface area contributed by atoms with E-state index in [1.165, 1.54) is 32.1 Å². The molecule has 0 N–H and O–H groups in total. The number of nitrogens with zero attached hydrogens (tertiary/aromatic N) is 3. The zero-order chi connectivity index (χ0) is 19.0. The standard InChI is InChI=1S/C22H37N3O2/c1-16-9-17(2)14-25(13-16)22(27)15-23-5-7-24(8-6-23)21(26)12-20-11-18-3-4-19(20)10-18/h16-20H,3-15H2,1-2H3. The largest absolute Gasteiger partial charge is 0.341 e. The number of piperazine rings is 1. The molecule has 0 aromatic rings. The van der Waals surface area contributed by atoms with Crippen molar-refractivity contribution in [2.45, 2.75) is 52.4 Å². The highest BCUT2D eigenvalue weighted by Crippen LogP contribution is 2.49. The van der Waals surface area contributed by atoms with Gasteiger partial charge in [-0.05, 0) is 55.3 Å². The van der Waals surface area contributed by atoms with E-state index in [0.29, 0.717) is 30.2 Å². The van der Waals surface area contributed by atoms with Crippen LogP contribution in [0, 0.1) is 29.6 Å². The van der Waals surface area contributed by atoms with Gasteiger partial charge >= 0.3 is 0 Å². The van der Waals surface area contributed by atoms with Gasteiger partial charge in [-0.1, -0.05) is 20.3 Å². The number of carbonyl (C=O) groups is 2.